The van der Waals surface area contributed by atoms with Crippen molar-refractivity contribution >= 4 is 0 Å². The van der Waals surface area contributed by atoms with Gasteiger partial charge in [-0.05, 0) is 54.8 Å². The molecule has 2 nitrogen and oxygen atoms in total. The van der Waals surface area contributed by atoms with Crippen molar-refractivity contribution in [3.05, 3.63) is 65.2 Å². The highest BCUT2D eigenvalue weighted by atomic mass is 19.2. The van der Waals surface area contributed by atoms with Crippen molar-refractivity contribution in [2.75, 3.05) is 6.54 Å². The molecule has 0 aliphatic heterocycles. The second-order valence-corrected chi connectivity index (χ2v) is 4.57. The summed E-state index contributed by atoms with van der Waals surface area (Å²) in [5, 5.41) is 0. The molecule has 0 amide bonds. The summed E-state index contributed by atoms with van der Waals surface area (Å²) in [4.78, 5) is 0. The Bertz CT molecular complexity index is 555. The van der Waals surface area contributed by atoms with Gasteiger partial charge in [-0.25, -0.2) is 8.78 Å². The van der Waals surface area contributed by atoms with E-state index in [0.29, 0.717) is 17.9 Å². The van der Waals surface area contributed by atoms with Crippen LogP contribution in [0.1, 0.15) is 17.5 Å². The number of hydrogen-bond donors (Lipinski definition) is 1. The molecule has 106 valence electrons. The number of ether oxygens (including phenoxy) is 1. The zero-order valence-electron chi connectivity index (χ0n) is 11.1. The molecule has 4 heteroatoms. The molecular weight excluding hydrogens is 260 g/mol. The van der Waals surface area contributed by atoms with Crippen LogP contribution in [0.2, 0.25) is 0 Å². The van der Waals surface area contributed by atoms with Gasteiger partial charge in [-0.15, -0.1) is 0 Å². The third-order valence-corrected chi connectivity index (χ3v) is 2.98. The quantitative estimate of drug-likeness (QED) is 0.878. The maximum Gasteiger partial charge on any atom is 0.159 e. The van der Waals surface area contributed by atoms with Crippen molar-refractivity contribution in [1.82, 2.24) is 0 Å². The molecule has 0 saturated carbocycles. The molecule has 0 saturated heterocycles. The van der Waals surface area contributed by atoms with E-state index in [1.807, 2.05) is 24.3 Å². The van der Waals surface area contributed by atoms with Crippen LogP contribution in [0.15, 0.2) is 42.5 Å². The van der Waals surface area contributed by atoms with Crippen molar-refractivity contribution in [3.8, 4) is 5.75 Å². The molecule has 0 heterocycles. The minimum Gasteiger partial charge on any atom is -0.489 e. The van der Waals surface area contributed by atoms with Crippen LogP contribution in [0.5, 0.6) is 5.75 Å². The average molecular weight is 277 g/mol. The number of aryl methyl sites for hydroxylation is 1. The second-order valence-electron chi connectivity index (χ2n) is 4.57. The molecule has 2 aromatic carbocycles. The summed E-state index contributed by atoms with van der Waals surface area (Å²) in [5.41, 5.74) is 7.26. The summed E-state index contributed by atoms with van der Waals surface area (Å²) < 4.78 is 31.4. The van der Waals surface area contributed by atoms with Gasteiger partial charge >= 0.3 is 0 Å². The molecule has 0 aliphatic carbocycles. The van der Waals surface area contributed by atoms with Gasteiger partial charge in [0.05, 0.1) is 0 Å². The highest BCUT2D eigenvalue weighted by molar-refractivity contribution is 5.28. The predicted octanol–water partition coefficient (Wildman–Crippen LogP) is 3.44. The third-order valence-electron chi connectivity index (χ3n) is 2.98. The lowest BCUT2D eigenvalue weighted by atomic mass is 10.1. The molecule has 0 fully saturated rings. The first-order chi connectivity index (χ1) is 9.69. The van der Waals surface area contributed by atoms with Crippen LogP contribution in [0.4, 0.5) is 8.78 Å². The highest BCUT2D eigenvalue weighted by Crippen LogP contribution is 2.16. The highest BCUT2D eigenvalue weighted by Gasteiger charge is 2.03. The summed E-state index contributed by atoms with van der Waals surface area (Å²) in [6.07, 6.45) is 1.90. The second kappa shape index (κ2) is 7.01. The first-order valence-corrected chi connectivity index (χ1v) is 6.55. The molecule has 20 heavy (non-hydrogen) atoms. The van der Waals surface area contributed by atoms with Crippen molar-refractivity contribution in [1.29, 1.82) is 0 Å². The number of rotatable bonds is 6. The molecule has 0 bridgehead atoms. The van der Waals surface area contributed by atoms with Gasteiger partial charge < -0.3 is 10.5 Å². The van der Waals surface area contributed by atoms with E-state index in [9.17, 15) is 8.78 Å². The summed E-state index contributed by atoms with van der Waals surface area (Å²) in [6, 6.07) is 11.5. The van der Waals surface area contributed by atoms with Crippen LogP contribution in [-0.2, 0) is 13.0 Å². The van der Waals surface area contributed by atoms with Gasteiger partial charge in [0.25, 0.3) is 0 Å². The lowest BCUT2D eigenvalue weighted by Crippen LogP contribution is -2.00. The molecule has 0 unspecified atom stereocenters. The van der Waals surface area contributed by atoms with Gasteiger partial charge in [-0.1, -0.05) is 18.2 Å². The van der Waals surface area contributed by atoms with E-state index in [4.69, 9.17) is 10.5 Å². The minimum absolute atomic E-state index is 0.208. The fourth-order valence-corrected chi connectivity index (χ4v) is 1.85. The van der Waals surface area contributed by atoms with Gasteiger partial charge in [0.1, 0.15) is 12.4 Å². The zero-order chi connectivity index (χ0) is 14.4. The standard InChI is InChI=1S/C16H17F2NO/c17-15-8-5-13(10-16(15)18)11-20-14-6-3-12(4-7-14)2-1-9-19/h3-8,10H,1-2,9,11,19H2. The Morgan fingerprint density at radius 1 is 0.900 bits per heavy atom. The Balaban J connectivity index is 1.91. The van der Waals surface area contributed by atoms with Gasteiger partial charge in [-0.2, -0.15) is 0 Å². The Hall–Kier alpha value is -1.94. The van der Waals surface area contributed by atoms with E-state index in [0.717, 1.165) is 25.0 Å². The molecule has 2 N–H and O–H groups in total. The van der Waals surface area contributed by atoms with Crippen LogP contribution < -0.4 is 10.5 Å². The Kier molecular flexibility index (Phi) is 5.07. The molecule has 2 rings (SSSR count). The normalized spacial score (nSPS) is 10.6. The Labute approximate surface area is 117 Å². The summed E-state index contributed by atoms with van der Waals surface area (Å²) >= 11 is 0. The van der Waals surface area contributed by atoms with E-state index in [1.165, 1.54) is 11.6 Å². The van der Waals surface area contributed by atoms with Crippen molar-refractivity contribution in [3.63, 3.8) is 0 Å². The van der Waals surface area contributed by atoms with E-state index in [2.05, 4.69) is 0 Å². The fraction of sp³-hybridized carbons (Fsp3) is 0.250. The lowest BCUT2D eigenvalue weighted by Gasteiger charge is -2.07. The van der Waals surface area contributed by atoms with Crippen LogP contribution in [0.3, 0.4) is 0 Å². The lowest BCUT2D eigenvalue weighted by molar-refractivity contribution is 0.305. The van der Waals surface area contributed by atoms with Gasteiger partial charge in [0.2, 0.25) is 0 Å². The van der Waals surface area contributed by atoms with E-state index < -0.39 is 11.6 Å². The van der Waals surface area contributed by atoms with E-state index >= 15 is 0 Å². The van der Waals surface area contributed by atoms with Crippen molar-refractivity contribution < 1.29 is 13.5 Å². The molecular formula is C16H17F2NO. The average Bonchev–Trinajstić information content (AvgIpc) is 2.47. The molecule has 0 spiro atoms. The smallest absolute Gasteiger partial charge is 0.159 e. The van der Waals surface area contributed by atoms with Crippen LogP contribution in [0.25, 0.3) is 0 Å². The topological polar surface area (TPSA) is 35.2 Å². The van der Waals surface area contributed by atoms with Gasteiger partial charge in [-0.3, -0.25) is 0 Å². The van der Waals surface area contributed by atoms with Crippen LogP contribution in [-0.4, -0.2) is 6.54 Å². The first kappa shape index (κ1) is 14.5. The Morgan fingerprint density at radius 3 is 2.25 bits per heavy atom. The maximum absolute atomic E-state index is 13.0. The number of halogens is 2. The molecule has 2 aromatic rings. The SMILES string of the molecule is NCCCc1ccc(OCc2ccc(F)c(F)c2)cc1. The number of benzene rings is 2. The van der Waals surface area contributed by atoms with E-state index in [1.54, 1.807) is 0 Å². The van der Waals surface area contributed by atoms with Gasteiger partial charge in [0, 0.05) is 0 Å². The molecule has 0 atom stereocenters. The van der Waals surface area contributed by atoms with Gasteiger partial charge in [0.15, 0.2) is 11.6 Å². The molecule has 0 aliphatic rings. The fourth-order valence-electron chi connectivity index (χ4n) is 1.85. The molecule has 0 radical (unpaired) electrons. The van der Waals surface area contributed by atoms with Crippen LogP contribution in [0, 0.1) is 11.6 Å². The third kappa shape index (κ3) is 4.03. The van der Waals surface area contributed by atoms with E-state index in [-0.39, 0.29) is 6.61 Å². The zero-order valence-corrected chi connectivity index (χ0v) is 11.1. The minimum atomic E-state index is -0.858. The number of nitrogens with two attached hydrogens (primary N) is 1. The largest absolute Gasteiger partial charge is 0.489 e. The summed E-state index contributed by atoms with van der Waals surface area (Å²) in [5.74, 6) is -1.01. The molecule has 0 aromatic heterocycles. The number of hydrogen-bond acceptors (Lipinski definition) is 2. The summed E-state index contributed by atoms with van der Waals surface area (Å²) in [7, 11) is 0. The predicted molar refractivity (Wildman–Crippen MR) is 74.5 cm³/mol. The van der Waals surface area contributed by atoms with Crippen molar-refractivity contribution in [2.24, 2.45) is 5.73 Å². The maximum atomic E-state index is 13.0. The summed E-state index contributed by atoms with van der Waals surface area (Å²) in [6.45, 7) is 0.883. The van der Waals surface area contributed by atoms with Crippen LogP contribution >= 0.6 is 0 Å². The van der Waals surface area contributed by atoms with Crippen molar-refractivity contribution in [2.45, 2.75) is 19.4 Å². The monoisotopic (exact) mass is 277 g/mol. The Morgan fingerprint density at radius 2 is 1.60 bits per heavy atom. The first-order valence-electron chi connectivity index (χ1n) is 6.55.